The lowest BCUT2D eigenvalue weighted by Gasteiger charge is -2.14. The Labute approximate surface area is 292 Å². The molecule has 10 heteroatoms. The minimum absolute atomic E-state index is 0.105. The number of hydrogen-bond acceptors (Lipinski definition) is 7. The second-order valence-corrected chi connectivity index (χ2v) is 13.8. The fourth-order valence-electron chi connectivity index (χ4n) is 6.84. The van der Waals surface area contributed by atoms with Crippen molar-refractivity contribution >= 4 is 51.0 Å². The number of amides is 1. The van der Waals surface area contributed by atoms with Gasteiger partial charge in [-0.05, 0) is 101 Å². The molecule has 3 aromatic carbocycles. The molecule has 1 amide bonds. The maximum atomic E-state index is 14.0. The number of anilines is 1. The summed E-state index contributed by atoms with van der Waals surface area (Å²) < 4.78 is 15.2. The van der Waals surface area contributed by atoms with Gasteiger partial charge in [-0.1, -0.05) is 35.9 Å². The van der Waals surface area contributed by atoms with Crippen molar-refractivity contribution in [1.29, 1.82) is 0 Å². The molecule has 0 unspecified atom stereocenters. The highest BCUT2D eigenvalue weighted by atomic mass is 32.1. The van der Waals surface area contributed by atoms with E-state index >= 15 is 0 Å². The third kappa shape index (κ3) is 5.42. The second kappa shape index (κ2) is 12.6. The number of aromatic nitrogens is 3. The van der Waals surface area contributed by atoms with E-state index in [0.29, 0.717) is 28.0 Å². The minimum atomic E-state index is -0.316. The number of nitrogens with one attached hydrogen (secondary N) is 1. The lowest BCUT2D eigenvalue weighted by molar-refractivity contribution is 0.102. The lowest BCUT2D eigenvalue weighted by atomic mass is 9.95. The molecule has 0 bridgehead atoms. The zero-order chi connectivity index (χ0) is 34.5. The third-order valence-corrected chi connectivity index (χ3v) is 10.7. The molecule has 50 heavy (non-hydrogen) atoms. The molecule has 1 aliphatic rings. The molecule has 0 spiro atoms. The predicted octanol–water partition coefficient (Wildman–Crippen LogP) is 8.61. The van der Waals surface area contributed by atoms with Gasteiger partial charge in [0, 0.05) is 27.5 Å². The number of methoxy groups -OCH3 is 1. The van der Waals surface area contributed by atoms with Crippen LogP contribution in [0, 0.1) is 20.8 Å². The van der Waals surface area contributed by atoms with Gasteiger partial charge in [-0.25, -0.2) is 4.98 Å². The van der Waals surface area contributed by atoms with Crippen LogP contribution in [0.5, 0.6) is 5.75 Å². The van der Waals surface area contributed by atoms with Gasteiger partial charge >= 0.3 is 0 Å². The number of thiophene rings is 1. The quantitative estimate of drug-likeness (QED) is 0.170. The molecule has 1 N–H and O–H groups in total. The van der Waals surface area contributed by atoms with Crippen molar-refractivity contribution < 1.29 is 13.9 Å². The predicted molar refractivity (Wildman–Crippen MR) is 200 cm³/mol. The van der Waals surface area contributed by atoms with Gasteiger partial charge in [0.15, 0.2) is 5.76 Å². The van der Waals surface area contributed by atoms with Crippen molar-refractivity contribution in [2.24, 2.45) is 5.10 Å². The number of rotatable bonds is 7. The van der Waals surface area contributed by atoms with Gasteiger partial charge in [0.2, 0.25) is 5.82 Å². The van der Waals surface area contributed by atoms with E-state index in [9.17, 15) is 9.59 Å². The molecule has 0 fully saturated rings. The van der Waals surface area contributed by atoms with E-state index in [4.69, 9.17) is 19.2 Å². The van der Waals surface area contributed by atoms with Crippen LogP contribution in [0.15, 0.2) is 93.2 Å². The lowest BCUT2D eigenvalue weighted by Crippen LogP contribution is -2.20. The first-order valence-corrected chi connectivity index (χ1v) is 17.5. The van der Waals surface area contributed by atoms with Gasteiger partial charge in [-0.3, -0.25) is 9.59 Å². The summed E-state index contributed by atoms with van der Waals surface area (Å²) in [6.45, 7) is 6.08. The highest BCUT2D eigenvalue weighted by molar-refractivity contribution is 7.15. The van der Waals surface area contributed by atoms with Gasteiger partial charge in [0.05, 0.1) is 35.2 Å². The first-order valence-electron chi connectivity index (χ1n) is 16.7. The zero-order valence-electron chi connectivity index (χ0n) is 28.2. The molecule has 1 aliphatic carbocycles. The van der Waals surface area contributed by atoms with Gasteiger partial charge in [-0.2, -0.15) is 9.78 Å². The van der Waals surface area contributed by atoms with Crippen LogP contribution in [0.4, 0.5) is 5.69 Å². The molecule has 9 nitrogen and oxygen atoms in total. The minimum Gasteiger partial charge on any atom is -0.496 e. The normalized spacial score (nSPS) is 13.0. The van der Waals surface area contributed by atoms with Crippen molar-refractivity contribution in [3.8, 4) is 22.3 Å². The standard InChI is InChI=1S/C40H35N5O4S/c1-23-16-18-27(19-17-23)42-38(46)36-29-11-6-8-15-35(29)50-40(36)44-24(2)20-26(25(44)3)22-41-45-37(43-31-12-7-5-10-28(31)39(45)47)34-21-30-32(48-4)13-9-14-33(30)49-34/h5,7,9-10,12-14,16-22H,6,8,11,15H2,1-4H3,(H,42,46). The number of carbonyl (C=O) groups is 1. The summed E-state index contributed by atoms with van der Waals surface area (Å²) in [6.07, 6.45) is 5.70. The summed E-state index contributed by atoms with van der Waals surface area (Å²) in [5.74, 6) is 1.22. The highest BCUT2D eigenvalue weighted by Gasteiger charge is 2.28. The Balaban J connectivity index is 1.23. The molecule has 0 saturated heterocycles. The molecular weight excluding hydrogens is 647 g/mol. The molecule has 0 aliphatic heterocycles. The van der Waals surface area contributed by atoms with Gasteiger partial charge in [0.25, 0.3) is 11.5 Å². The fourth-order valence-corrected chi connectivity index (χ4v) is 8.33. The Morgan fingerprint density at radius 2 is 1.78 bits per heavy atom. The Morgan fingerprint density at radius 3 is 2.60 bits per heavy atom. The van der Waals surface area contributed by atoms with Crippen LogP contribution in [-0.2, 0) is 12.8 Å². The molecule has 0 radical (unpaired) electrons. The van der Waals surface area contributed by atoms with Crippen molar-refractivity contribution in [1.82, 2.24) is 14.2 Å². The smallest absolute Gasteiger partial charge is 0.282 e. The number of nitrogens with zero attached hydrogens (tertiary/aromatic N) is 4. The monoisotopic (exact) mass is 681 g/mol. The number of furan rings is 1. The van der Waals surface area contributed by atoms with E-state index in [0.717, 1.165) is 75.4 Å². The van der Waals surface area contributed by atoms with Crippen molar-refractivity contribution in [3.63, 3.8) is 0 Å². The van der Waals surface area contributed by atoms with E-state index in [1.165, 1.54) is 9.55 Å². The van der Waals surface area contributed by atoms with Crippen molar-refractivity contribution in [2.75, 3.05) is 12.4 Å². The largest absolute Gasteiger partial charge is 0.496 e. The van der Waals surface area contributed by atoms with Crippen LogP contribution >= 0.6 is 11.3 Å². The van der Waals surface area contributed by atoms with E-state index < -0.39 is 0 Å². The average Bonchev–Trinajstić information content (AvgIpc) is 3.81. The molecule has 250 valence electrons. The Kier molecular flexibility index (Phi) is 7.95. The number of aryl methyl sites for hydroxylation is 3. The van der Waals surface area contributed by atoms with Crippen LogP contribution in [0.3, 0.4) is 0 Å². The number of hydrogen-bond donors (Lipinski definition) is 1. The Hall–Kier alpha value is -5.74. The maximum absolute atomic E-state index is 14.0. The summed E-state index contributed by atoms with van der Waals surface area (Å²) in [5.41, 5.74) is 7.30. The van der Waals surface area contributed by atoms with Crippen molar-refractivity contribution in [2.45, 2.75) is 46.5 Å². The van der Waals surface area contributed by atoms with Crippen LogP contribution in [0.25, 0.3) is 38.5 Å². The topological polar surface area (TPSA) is 104 Å². The molecule has 0 saturated carbocycles. The third-order valence-electron chi connectivity index (χ3n) is 9.39. The van der Waals surface area contributed by atoms with E-state index in [2.05, 4.69) is 9.88 Å². The summed E-state index contributed by atoms with van der Waals surface area (Å²) >= 11 is 1.69. The molecule has 0 atom stereocenters. The number of para-hydroxylation sites is 1. The molecule has 8 rings (SSSR count). The highest BCUT2D eigenvalue weighted by Crippen LogP contribution is 2.39. The summed E-state index contributed by atoms with van der Waals surface area (Å²) in [5, 5.41) is 10.0. The van der Waals surface area contributed by atoms with Crippen LogP contribution in [-0.4, -0.2) is 33.5 Å². The van der Waals surface area contributed by atoms with E-state index in [1.807, 2.05) is 87.5 Å². The van der Waals surface area contributed by atoms with E-state index in [1.54, 1.807) is 36.8 Å². The molecule has 4 aromatic heterocycles. The molecule has 7 aromatic rings. The van der Waals surface area contributed by atoms with Crippen LogP contribution < -0.4 is 15.6 Å². The number of fused-ring (bicyclic) bond motifs is 3. The van der Waals surface area contributed by atoms with Gasteiger partial charge in [-0.15, -0.1) is 11.3 Å². The van der Waals surface area contributed by atoms with E-state index in [-0.39, 0.29) is 17.3 Å². The SMILES string of the molecule is COc1cccc2oc(-c3nc4ccccc4c(=O)n3N=Cc3cc(C)n(-c4sc5c(c4C(=O)Nc4ccc(C)cc4)CCCC5)c3C)cc12. The van der Waals surface area contributed by atoms with Gasteiger partial charge < -0.3 is 19.0 Å². The first kappa shape index (κ1) is 31.5. The Bertz CT molecular complexity index is 2530. The number of carbonyl (C=O) groups excluding carboxylic acids is 1. The number of benzene rings is 3. The zero-order valence-corrected chi connectivity index (χ0v) is 29.1. The summed E-state index contributed by atoms with van der Waals surface area (Å²) in [6, 6.07) is 24.5. The van der Waals surface area contributed by atoms with Gasteiger partial charge in [0.1, 0.15) is 16.3 Å². The molecular formula is C40H35N5O4S. The number of ether oxygens (including phenoxy) is 1. The maximum Gasteiger partial charge on any atom is 0.282 e. The average molecular weight is 682 g/mol. The van der Waals surface area contributed by atoms with Crippen LogP contribution in [0.2, 0.25) is 0 Å². The summed E-state index contributed by atoms with van der Waals surface area (Å²) in [4.78, 5) is 34.0. The molecule has 4 heterocycles. The Morgan fingerprint density at radius 1 is 0.980 bits per heavy atom. The summed E-state index contributed by atoms with van der Waals surface area (Å²) in [7, 11) is 1.61. The fraction of sp³-hybridized carbons (Fsp3) is 0.200. The van der Waals surface area contributed by atoms with Crippen molar-refractivity contribution in [3.05, 3.63) is 128 Å². The second-order valence-electron chi connectivity index (χ2n) is 12.7. The van der Waals surface area contributed by atoms with Crippen LogP contribution in [0.1, 0.15) is 56.2 Å². The first-order chi connectivity index (χ1) is 24.3.